The van der Waals surface area contributed by atoms with Gasteiger partial charge in [0.1, 0.15) is 11.5 Å². The number of ketones is 1. The van der Waals surface area contributed by atoms with E-state index in [1.807, 2.05) is 43.5 Å². The van der Waals surface area contributed by atoms with Gasteiger partial charge in [-0.1, -0.05) is 35.1 Å². The second-order valence-corrected chi connectivity index (χ2v) is 11.3. The first-order valence-corrected chi connectivity index (χ1v) is 14.4. The summed E-state index contributed by atoms with van der Waals surface area (Å²) in [5.41, 5.74) is 4.90. The van der Waals surface area contributed by atoms with E-state index in [1.165, 1.54) is 12.1 Å². The van der Waals surface area contributed by atoms with E-state index in [1.54, 1.807) is 0 Å². The lowest BCUT2D eigenvalue weighted by Crippen LogP contribution is -2.31. The number of aromatic hydroxyl groups is 1. The van der Waals surface area contributed by atoms with Crippen LogP contribution in [0.3, 0.4) is 0 Å². The number of nitrogens with one attached hydrogen (secondary N) is 2. The van der Waals surface area contributed by atoms with Crippen LogP contribution in [-0.2, 0) is 20.8 Å². The molecule has 2 aromatic carbocycles. The van der Waals surface area contributed by atoms with E-state index < -0.39 is 17.5 Å². The van der Waals surface area contributed by atoms with Crippen molar-refractivity contribution >= 4 is 29.0 Å². The zero-order valence-corrected chi connectivity index (χ0v) is 24.2. The number of halogens is 1. The highest BCUT2D eigenvalue weighted by atomic mass is 19.1. The molecule has 2 aliphatic rings. The smallest absolute Gasteiger partial charge is 0.307 e. The number of likely N-dealkylation sites (tertiary alicyclic amines) is 1. The molecular formula is C31H39FN5O5+. The Bertz CT molecular complexity index is 1340. The Labute approximate surface area is 245 Å². The van der Waals surface area contributed by atoms with Crippen LogP contribution in [0, 0.1) is 16.6 Å². The zero-order valence-electron chi connectivity index (χ0n) is 24.2. The molecule has 0 aliphatic carbocycles. The van der Waals surface area contributed by atoms with E-state index in [0.717, 1.165) is 48.5 Å². The van der Waals surface area contributed by atoms with Gasteiger partial charge in [0.2, 0.25) is 5.91 Å². The van der Waals surface area contributed by atoms with Crippen LogP contribution in [0.4, 0.5) is 15.8 Å². The van der Waals surface area contributed by atoms with Crippen molar-refractivity contribution < 1.29 is 28.9 Å². The molecule has 0 saturated carbocycles. The number of hydrogen-bond acceptors (Lipinski definition) is 6. The molecule has 2 atom stereocenters. The molecule has 10 nitrogen and oxygen atoms in total. The number of carbonyl (C=O) groups excluding carboxylic acids is 3. The van der Waals surface area contributed by atoms with Crippen LogP contribution in [0.1, 0.15) is 63.0 Å². The lowest BCUT2D eigenvalue weighted by atomic mass is 9.88. The van der Waals surface area contributed by atoms with Gasteiger partial charge in [-0.05, 0) is 80.5 Å². The molecule has 2 amide bonds. The second-order valence-electron chi connectivity index (χ2n) is 11.3. The molecule has 11 heteroatoms. The highest BCUT2D eigenvalue weighted by Gasteiger charge is 2.40. The van der Waals surface area contributed by atoms with Gasteiger partial charge < -0.3 is 15.3 Å². The summed E-state index contributed by atoms with van der Waals surface area (Å²) >= 11 is 0. The van der Waals surface area contributed by atoms with Gasteiger partial charge in [0.15, 0.2) is 18.0 Å². The molecule has 2 saturated heterocycles. The quantitative estimate of drug-likeness (QED) is 0.237. The topological polar surface area (TPSA) is 122 Å². The van der Waals surface area contributed by atoms with E-state index in [0.29, 0.717) is 37.1 Å². The summed E-state index contributed by atoms with van der Waals surface area (Å²) in [6.45, 7) is 9.56. The minimum atomic E-state index is -0.786. The average Bonchev–Trinajstić information content (AvgIpc) is 3.52. The van der Waals surface area contributed by atoms with Crippen molar-refractivity contribution in [2.75, 3.05) is 36.5 Å². The minimum absolute atomic E-state index is 0.0667. The first-order valence-electron chi connectivity index (χ1n) is 14.4. The number of hydrazine groups is 2. The Morgan fingerprint density at radius 2 is 2.00 bits per heavy atom. The molecular weight excluding hydrogens is 541 g/mol. The normalized spacial score (nSPS) is 17.8. The van der Waals surface area contributed by atoms with E-state index in [9.17, 15) is 28.8 Å². The van der Waals surface area contributed by atoms with Crippen LogP contribution in [0.25, 0.3) is 0 Å². The summed E-state index contributed by atoms with van der Waals surface area (Å²) in [6.07, 6.45) is 3.72. The van der Waals surface area contributed by atoms with Crippen molar-refractivity contribution in [3.05, 3.63) is 70.4 Å². The number of phenols is 1. The molecule has 2 aliphatic heterocycles. The maximum absolute atomic E-state index is 14.7. The molecule has 2 fully saturated rings. The van der Waals surface area contributed by atoms with Crippen LogP contribution < -0.4 is 15.8 Å². The van der Waals surface area contributed by atoms with E-state index in [-0.39, 0.29) is 40.7 Å². The molecule has 3 N–H and O–H groups in total. The van der Waals surface area contributed by atoms with Crippen molar-refractivity contribution in [3.63, 3.8) is 0 Å². The van der Waals surface area contributed by atoms with Gasteiger partial charge in [-0.2, -0.15) is 0 Å². The second kappa shape index (κ2) is 13.7. The van der Waals surface area contributed by atoms with Gasteiger partial charge >= 0.3 is 5.91 Å². The maximum Gasteiger partial charge on any atom is 0.307 e. The molecule has 2 heterocycles. The van der Waals surface area contributed by atoms with Crippen molar-refractivity contribution in [1.82, 2.24) is 10.3 Å². The number of rotatable bonds is 13. The first kappa shape index (κ1) is 30.8. The van der Waals surface area contributed by atoms with E-state index >= 15 is 0 Å². The molecule has 0 radical (unpaired) electrons. The van der Waals surface area contributed by atoms with Gasteiger partial charge in [-0.25, -0.2) is 4.39 Å². The van der Waals surface area contributed by atoms with Crippen LogP contribution in [-0.4, -0.2) is 58.8 Å². The summed E-state index contributed by atoms with van der Waals surface area (Å²) in [5.74, 6) is -1.64. The van der Waals surface area contributed by atoms with Crippen LogP contribution in [0.15, 0.2) is 48.6 Å². The molecule has 224 valence electrons. The predicted molar refractivity (Wildman–Crippen MR) is 157 cm³/mol. The molecule has 2 aromatic rings. The number of amides is 2. The number of carbonyl (C=O) groups is 3. The molecule has 0 bridgehead atoms. The van der Waals surface area contributed by atoms with Crippen LogP contribution >= 0.6 is 0 Å². The Morgan fingerprint density at radius 1 is 1.26 bits per heavy atom. The zero-order chi connectivity index (χ0) is 30.4. The monoisotopic (exact) mass is 580 g/mol. The molecule has 0 spiro atoms. The number of Topliss-reactive ketones (excluding diaryl/α,β-unsaturated/α-hetero) is 1. The average molecular weight is 581 g/mol. The highest BCUT2D eigenvalue weighted by Crippen LogP contribution is 2.33. The lowest BCUT2D eigenvalue weighted by Gasteiger charge is -2.17. The number of benzene rings is 2. The Kier molecular flexibility index (Phi) is 10.1. The summed E-state index contributed by atoms with van der Waals surface area (Å²) in [4.78, 5) is 50.7. The molecule has 0 aromatic heterocycles. The summed E-state index contributed by atoms with van der Waals surface area (Å²) in [5, 5.41) is 14.1. The fraction of sp³-hybridized carbons (Fsp3) is 0.452. The Balaban J connectivity index is 1.25. The van der Waals surface area contributed by atoms with Gasteiger partial charge in [0, 0.05) is 37.5 Å². The first-order chi connectivity index (χ1) is 20.0. The number of allylic oxidation sites excluding steroid dienone is 1. The molecule has 4 rings (SSSR count). The van der Waals surface area contributed by atoms with Crippen LogP contribution in [0.5, 0.6) is 5.75 Å². The SMILES string of the molecule is C=C(C)CCC(C(=O)CC)c1ccc(NC(=O)CC2CCN(CCc3cc(O)c(N4CC(=O)N[N+]4=O)c(F)c3)C2)cc1. The van der Waals surface area contributed by atoms with Crippen LogP contribution in [0.2, 0.25) is 0 Å². The third-order valence-corrected chi connectivity index (χ3v) is 7.85. The highest BCUT2D eigenvalue weighted by molar-refractivity contribution is 5.91. The van der Waals surface area contributed by atoms with Crippen molar-refractivity contribution in [2.24, 2.45) is 5.92 Å². The number of phenolic OH excluding ortho intramolecular Hbond substituents is 1. The van der Waals surface area contributed by atoms with Crippen molar-refractivity contribution in [2.45, 2.75) is 58.3 Å². The van der Waals surface area contributed by atoms with E-state index in [4.69, 9.17) is 0 Å². The number of nitroso groups, excluding NO2 is 1. The lowest BCUT2D eigenvalue weighted by molar-refractivity contribution is -0.591. The maximum atomic E-state index is 14.7. The van der Waals surface area contributed by atoms with Gasteiger partial charge in [0.05, 0.1) is 4.91 Å². The van der Waals surface area contributed by atoms with Crippen molar-refractivity contribution in [1.29, 1.82) is 0 Å². The number of anilines is 2. The Morgan fingerprint density at radius 3 is 2.62 bits per heavy atom. The van der Waals surface area contributed by atoms with Crippen molar-refractivity contribution in [3.8, 4) is 5.75 Å². The fourth-order valence-corrected chi connectivity index (χ4v) is 5.60. The number of nitrogens with zero attached hydrogens (tertiary/aromatic N) is 3. The van der Waals surface area contributed by atoms with Gasteiger partial charge in [-0.15, -0.1) is 6.58 Å². The summed E-state index contributed by atoms with van der Waals surface area (Å²) in [7, 11) is 0. The Hall–Kier alpha value is -4.12. The third-order valence-electron chi connectivity index (χ3n) is 7.85. The standard InChI is InChI=1S/C31H38FN5O5/c1-4-27(38)25(10-5-20(2)3)23-6-8-24(9-7-23)33-29(40)17-22-12-14-35(18-22)13-11-21-15-26(32)31(28(39)16-21)36-19-30(41)34-37(36)42/h6-9,15-16,22,25H,2,4-5,10-14,17-19H2,1,3H3,(H2-,33,34,39,40,41,42)/p+1. The largest absolute Gasteiger partial charge is 0.505 e. The third kappa shape index (κ3) is 7.79. The minimum Gasteiger partial charge on any atom is -0.505 e. The van der Waals surface area contributed by atoms with E-state index in [2.05, 4.69) is 16.8 Å². The fourth-order valence-electron chi connectivity index (χ4n) is 5.60. The summed E-state index contributed by atoms with van der Waals surface area (Å²) < 4.78 is 14.7. The number of hydrogen-bond donors (Lipinski definition) is 3. The molecule has 2 unspecified atom stereocenters. The van der Waals surface area contributed by atoms with Gasteiger partial charge in [-0.3, -0.25) is 14.4 Å². The predicted octanol–water partition coefficient (Wildman–Crippen LogP) is 4.39. The van der Waals surface area contributed by atoms with Gasteiger partial charge in [0.25, 0.3) is 4.98 Å². The summed E-state index contributed by atoms with van der Waals surface area (Å²) in [6, 6.07) is 10.2. The molecule has 42 heavy (non-hydrogen) atoms.